The van der Waals surface area contributed by atoms with E-state index < -0.39 is 11.7 Å². The molecule has 0 saturated carbocycles. The van der Waals surface area contributed by atoms with Gasteiger partial charge in [0.25, 0.3) is 0 Å². The minimum Gasteiger partial charge on any atom is -0.325 e. The molecule has 2 heterocycles. The SMILES string of the molecule is Cc1ccc(N2CCn3c(SCC(=O)Nc4ccc(C(F)(F)F)cc4)nnc32)cc1. The van der Waals surface area contributed by atoms with Gasteiger partial charge in [-0.1, -0.05) is 29.5 Å². The highest BCUT2D eigenvalue weighted by atomic mass is 32.2. The van der Waals surface area contributed by atoms with Crippen LogP contribution in [0.1, 0.15) is 11.1 Å². The standard InChI is InChI=1S/C20H18F3N5OS/c1-13-2-8-16(9-3-13)27-10-11-28-18(27)25-26-19(28)30-12-17(29)24-15-6-4-14(5-7-15)20(21,22)23/h2-9H,10-12H2,1H3,(H,24,29). The zero-order valence-corrected chi connectivity index (χ0v) is 16.8. The van der Waals surface area contributed by atoms with Crippen molar-refractivity contribution in [3.63, 3.8) is 0 Å². The number of halogens is 3. The summed E-state index contributed by atoms with van der Waals surface area (Å²) in [6, 6.07) is 12.5. The minimum absolute atomic E-state index is 0.0731. The molecule has 1 N–H and O–H groups in total. The van der Waals surface area contributed by atoms with Crippen molar-refractivity contribution in [2.45, 2.75) is 24.8 Å². The van der Waals surface area contributed by atoms with Crippen LogP contribution < -0.4 is 10.2 Å². The Kier molecular flexibility index (Phi) is 5.42. The van der Waals surface area contributed by atoms with Crippen molar-refractivity contribution >= 4 is 35.0 Å². The molecule has 1 amide bonds. The molecule has 4 rings (SSSR count). The highest BCUT2D eigenvalue weighted by molar-refractivity contribution is 7.99. The number of alkyl halides is 3. The van der Waals surface area contributed by atoms with E-state index in [9.17, 15) is 18.0 Å². The van der Waals surface area contributed by atoms with Gasteiger partial charge in [0.2, 0.25) is 11.9 Å². The Hall–Kier alpha value is -3.01. The fourth-order valence-electron chi connectivity index (χ4n) is 3.12. The topological polar surface area (TPSA) is 63.1 Å². The zero-order chi connectivity index (χ0) is 21.3. The summed E-state index contributed by atoms with van der Waals surface area (Å²) in [6.07, 6.45) is -4.40. The molecular weight excluding hydrogens is 415 g/mol. The lowest BCUT2D eigenvalue weighted by Gasteiger charge is -2.15. The lowest BCUT2D eigenvalue weighted by atomic mass is 10.2. The van der Waals surface area contributed by atoms with E-state index in [2.05, 4.69) is 20.4 Å². The van der Waals surface area contributed by atoms with Gasteiger partial charge < -0.3 is 10.2 Å². The van der Waals surface area contributed by atoms with Crippen molar-refractivity contribution in [1.82, 2.24) is 14.8 Å². The number of thioether (sulfide) groups is 1. The van der Waals surface area contributed by atoms with Gasteiger partial charge in [0.05, 0.1) is 11.3 Å². The molecule has 156 valence electrons. The number of anilines is 3. The van der Waals surface area contributed by atoms with Crippen molar-refractivity contribution in [3.05, 3.63) is 59.7 Å². The summed E-state index contributed by atoms with van der Waals surface area (Å²) in [5.41, 5.74) is 1.76. The molecule has 3 aromatic rings. The van der Waals surface area contributed by atoms with Gasteiger partial charge >= 0.3 is 6.18 Å². The van der Waals surface area contributed by atoms with Gasteiger partial charge in [0, 0.05) is 24.5 Å². The fraction of sp³-hybridized carbons (Fsp3) is 0.250. The molecule has 0 aliphatic carbocycles. The van der Waals surface area contributed by atoms with Crippen molar-refractivity contribution in [2.75, 3.05) is 22.5 Å². The number of rotatable bonds is 5. The second-order valence-electron chi connectivity index (χ2n) is 6.83. The number of hydrogen-bond acceptors (Lipinski definition) is 5. The van der Waals surface area contributed by atoms with Gasteiger partial charge in [0.15, 0.2) is 5.16 Å². The second-order valence-corrected chi connectivity index (χ2v) is 7.78. The molecule has 1 aliphatic rings. The van der Waals surface area contributed by atoms with E-state index in [1.807, 2.05) is 35.8 Å². The van der Waals surface area contributed by atoms with Crippen LogP contribution in [0.4, 0.5) is 30.5 Å². The smallest absolute Gasteiger partial charge is 0.325 e. The Morgan fingerprint density at radius 3 is 2.43 bits per heavy atom. The average Bonchev–Trinajstić information content (AvgIpc) is 3.29. The highest BCUT2D eigenvalue weighted by Crippen LogP contribution is 2.32. The van der Waals surface area contributed by atoms with Crippen LogP contribution in [-0.4, -0.2) is 33.0 Å². The first kappa shape index (κ1) is 20.3. The normalized spacial score (nSPS) is 13.4. The molecule has 0 spiro atoms. The number of carbonyl (C=O) groups excluding carboxylic acids is 1. The van der Waals surface area contributed by atoms with E-state index in [0.717, 1.165) is 30.3 Å². The number of carbonyl (C=O) groups is 1. The first-order valence-electron chi connectivity index (χ1n) is 9.18. The summed E-state index contributed by atoms with van der Waals surface area (Å²) < 4.78 is 39.8. The van der Waals surface area contributed by atoms with Gasteiger partial charge in [-0.15, -0.1) is 10.2 Å². The molecule has 0 radical (unpaired) electrons. The predicted molar refractivity (Wildman–Crippen MR) is 109 cm³/mol. The molecule has 0 fully saturated rings. The van der Waals surface area contributed by atoms with Gasteiger partial charge in [-0.05, 0) is 43.3 Å². The van der Waals surface area contributed by atoms with Gasteiger partial charge in [-0.2, -0.15) is 13.2 Å². The number of amides is 1. The third-order valence-electron chi connectivity index (χ3n) is 4.66. The lowest BCUT2D eigenvalue weighted by Crippen LogP contribution is -2.15. The number of aromatic nitrogens is 3. The van der Waals surface area contributed by atoms with Crippen molar-refractivity contribution < 1.29 is 18.0 Å². The van der Waals surface area contributed by atoms with Crippen molar-refractivity contribution in [2.24, 2.45) is 0 Å². The molecule has 1 aromatic heterocycles. The molecule has 0 unspecified atom stereocenters. The zero-order valence-electron chi connectivity index (χ0n) is 16.0. The van der Waals surface area contributed by atoms with Crippen LogP contribution in [0.2, 0.25) is 0 Å². The maximum Gasteiger partial charge on any atom is 0.416 e. The second kappa shape index (κ2) is 8.02. The molecule has 30 heavy (non-hydrogen) atoms. The van der Waals surface area contributed by atoms with E-state index in [-0.39, 0.29) is 11.7 Å². The number of nitrogens with zero attached hydrogens (tertiary/aromatic N) is 4. The third-order valence-corrected chi connectivity index (χ3v) is 5.63. The fourth-order valence-corrected chi connectivity index (χ4v) is 3.88. The van der Waals surface area contributed by atoms with E-state index in [1.54, 1.807) is 0 Å². The summed E-state index contributed by atoms with van der Waals surface area (Å²) in [5, 5.41) is 11.7. The summed E-state index contributed by atoms with van der Waals surface area (Å²) in [5.74, 6) is 0.471. The Labute approximate surface area is 175 Å². The van der Waals surface area contributed by atoms with Crippen LogP contribution in [0, 0.1) is 6.92 Å². The Balaban J connectivity index is 1.36. The van der Waals surface area contributed by atoms with E-state index >= 15 is 0 Å². The molecule has 1 aliphatic heterocycles. The quantitative estimate of drug-likeness (QED) is 0.601. The summed E-state index contributed by atoms with van der Waals surface area (Å²) >= 11 is 1.24. The minimum atomic E-state index is -4.40. The van der Waals surface area contributed by atoms with Crippen LogP contribution in [0.3, 0.4) is 0 Å². The van der Waals surface area contributed by atoms with Gasteiger partial charge in [-0.3, -0.25) is 9.36 Å². The first-order chi connectivity index (χ1) is 14.3. The van der Waals surface area contributed by atoms with E-state index in [1.165, 1.54) is 29.5 Å². The predicted octanol–water partition coefficient (Wildman–Crippen LogP) is 4.49. The third kappa shape index (κ3) is 4.28. The van der Waals surface area contributed by atoms with Crippen LogP contribution in [-0.2, 0) is 17.5 Å². The largest absolute Gasteiger partial charge is 0.416 e. The van der Waals surface area contributed by atoms with Crippen LogP contribution in [0.25, 0.3) is 0 Å². The summed E-state index contributed by atoms with van der Waals surface area (Å²) in [4.78, 5) is 14.3. The highest BCUT2D eigenvalue weighted by Gasteiger charge is 2.30. The Bertz CT molecular complexity index is 1050. The maximum atomic E-state index is 12.6. The molecule has 0 bridgehead atoms. The number of benzene rings is 2. The molecule has 10 heteroatoms. The van der Waals surface area contributed by atoms with Crippen LogP contribution in [0.15, 0.2) is 53.7 Å². The Morgan fingerprint density at radius 1 is 1.07 bits per heavy atom. The van der Waals surface area contributed by atoms with Crippen molar-refractivity contribution in [3.8, 4) is 0 Å². The average molecular weight is 433 g/mol. The molecule has 0 atom stereocenters. The van der Waals surface area contributed by atoms with E-state index in [4.69, 9.17) is 0 Å². The number of nitrogens with one attached hydrogen (secondary N) is 1. The first-order valence-corrected chi connectivity index (χ1v) is 10.2. The molecular formula is C20H18F3N5OS. The molecule has 2 aromatic carbocycles. The number of fused-ring (bicyclic) bond motifs is 1. The maximum absolute atomic E-state index is 12.6. The number of aryl methyl sites for hydroxylation is 1. The Morgan fingerprint density at radius 2 is 1.77 bits per heavy atom. The van der Waals surface area contributed by atoms with Crippen LogP contribution in [0.5, 0.6) is 0 Å². The lowest BCUT2D eigenvalue weighted by molar-refractivity contribution is -0.137. The van der Waals surface area contributed by atoms with Gasteiger partial charge in [-0.25, -0.2) is 0 Å². The molecule has 6 nitrogen and oxygen atoms in total. The monoisotopic (exact) mass is 433 g/mol. The summed E-state index contributed by atoms with van der Waals surface area (Å²) in [6.45, 7) is 3.50. The molecule has 0 saturated heterocycles. The number of hydrogen-bond donors (Lipinski definition) is 1. The van der Waals surface area contributed by atoms with Crippen molar-refractivity contribution in [1.29, 1.82) is 0 Å². The van der Waals surface area contributed by atoms with Crippen LogP contribution >= 0.6 is 11.8 Å². The summed E-state index contributed by atoms with van der Waals surface area (Å²) in [7, 11) is 0. The van der Waals surface area contributed by atoms with E-state index in [0.29, 0.717) is 17.4 Å². The van der Waals surface area contributed by atoms with Gasteiger partial charge in [0.1, 0.15) is 0 Å².